The number of alkyl halides is 2. The third kappa shape index (κ3) is 2.10. The highest BCUT2D eigenvalue weighted by molar-refractivity contribution is 5.93. The van der Waals surface area contributed by atoms with Gasteiger partial charge in [0.2, 0.25) is 0 Å². The van der Waals surface area contributed by atoms with E-state index in [1.165, 1.54) is 12.4 Å². The number of carbonyl (C=O) groups excluding carboxylic acids is 1. The lowest BCUT2D eigenvalue weighted by atomic mass is 9.90. The number of rotatable bonds is 1. The minimum absolute atomic E-state index is 0.0474. The van der Waals surface area contributed by atoms with Crippen molar-refractivity contribution in [2.45, 2.75) is 50.2 Å². The number of hydrogen-bond acceptors (Lipinski definition) is 4. The maximum absolute atomic E-state index is 14.0. The summed E-state index contributed by atoms with van der Waals surface area (Å²) in [5, 5.41) is 10.0. The van der Waals surface area contributed by atoms with Crippen molar-refractivity contribution in [2.75, 3.05) is 6.54 Å². The molecule has 21 heavy (non-hydrogen) atoms. The van der Waals surface area contributed by atoms with Gasteiger partial charge in [0.25, 0.3) is 11.8 Å². The fraction of sp³-hybridized carbons (Fsp3) is 0.643. The molecule has 0 bridgehead atoms. The normalized spacial score (nSPS) is 26.5. The Morgan fingerprint density at radius 3 is 2.67 bits per heavy atom. The Bertz CT molecular complexity index is 573. The molecule has 7 heteroatoms. The number of likely N-dealkylation sites (tertiary alicyclic amines) is 1. The van der Waals surface area contributed by atoms with Crippen LogP contribution in [0.15, 0.2) is 12.4 Å². The van der Waals surface area contributed by atoms with Crippen molar-refractivity contribution in [3.8, 4) is 0 Å². The van der Waals surface area contributed by atoms with Gasteiger partial charge in [-0.2, -0.15) is 0 Å². The van der Waals surface area contributed by atoms with Crippen LogP contribution in [-0.2, 0) is 0 Å². The van der Waals surface area contributed by atoms with Gasteiger partial charge in [0.1, 0.15) is 11.8 Å². The van der Waals surface area contributed by atoms with Crippen molar-refractivity contribution in [1.29, 1.82) is 0 Å². The van der Waals surface area contributed by atoms with E-state index in [0.29, 0.717) is 18.5 Å². The molecule has 0 radical (unpaired) electrons. The molecule has 1 aliphatic heterocycles. The summed E-state index contributed by atoms with van der Waals surface area (Å²) < 4.78 is 27.9. The zero-order valence-electron chi connectivity index (χ0n) is 11.7. The molecule has 1 spiro atoms. The van der Waals surface area contributed by atoms with E-state index in [0.717, 1.165) is 17.7 Å². The van der Waals surface area contributed by atoms with Gasteiger partial charge in [-0.1, -0.05) is 12.8 Å². The van der Waals surface area contributed by atoms with Crippen molar-refractivity contribution < 1.29 is 18.7 Å². The predicted molar refractivity (Wildman–Crippen MR) is 70.0 cm³/mol. The summed E-state index contributed by atoms with van der Waals surface area (Å²) in [5.41, 5.74) is -0.564. The van der Waals surface area contributed by atoms with E-state index in [9.17, 15) is 18.7 Å². The van der Waals surface area contributed by atoms with Crippen molar-refractivity contribution in [1.82, 2.24) is 14.9 Å². The highest BCUT2D eigenvalue weighted by Crippen LogP contribution is 2.49. The third-order valence-corrected chi connectivity index (χ3v) is 4.50. The van der Waals surface area contributed by atoms with Gasteiger partial charge in [-0.3, -0.25) is 9.78 Å². The second kappa shape index (κ2) is 4.69. The SMILES string of the molecule is Cc1cncc(C(=O)N2CC(F)(F)C(O)C23CCCC3)n1. The average molecular weight is 297 g/mol. The Morgan fingerprint density at radius 1 is 1.38 bits per heavy atom. The Labute approximate surface area is 121 Å². The molecule has 1 N–H and O–H groups in total. The predicted octanol–water partition coefficient (Wildman–Crippen LogP) is 1.55. The molecule has 2 aliphatic rings. The topological polar surface area (TPSA) is 66.3 Å². The summed E-state index contributed by atoms with van der Waals surface area (Å²) in [7, 11) is 0. The van der Waals surface area contributed by atoms with Crippen molar-refractivity contribution in [2.24, 2.45) is 0 Å². The van der Waals surface area contributed by atoms with Crippen LogP contribution >= 0.6 is 0 Å². The van der Waals surface area contributed by atoms with Crippen molar-refractivity contribution >= 4 is 5.91 Å². The minimum Gasteiger partial charge on any atom is -0.384 e. The first-order valence-electron chi connectivity index (χ1n) is 7.03. The number of aliphatic hydroxyl groups excluding tert-OH is 1. The molecule has 1 unspecified atom stereocenters. The first kappa shape index (κ1) is 14.3. The smallest absolute Gasteiger partial charge is 0.292 e. The van der Waals surface area contributed by atoms with Crippen molar-refractivity contribution in [3.05, 3.63) is 23.8 Å². The summed E-state index contributed by atoms with van der Waals surface area (Å²) in [5.74, 6) is -3.86. The molecular weight excluding hydrogens is 280 g/mol. The molecule has 1 amide bonds. The highest BCUT2D eigenvalue weighted by Gasteiger charge is 2.64. The number of halogens is 2. The minimum atomic E-state index is -3.28. The third-order valence-electron chi connectivity index (χ3n) is 4.50. The van der Waals surface area contributed by atoms with Crippen LogP contribution in [0.1, 0.15) is 41.9 Å². The van der Waals surface area contributed by atoms with Gasteiger partial charge in [0.05, 0.1) is 24.0 Å². The molecule has 1 aliphatic carbocycles. The first-order valence-corrected chi connectivity index (χ1v) is 7.03. The van der Waals surface area contributed by atoms with Crippen molar-refractivity contribution in [3.63, 3.8) is 0 Å². The van der Waals surface area contributed by atoms with Crippen LogP contribution in [0.2, 0.25) is 0 Å². The van der Waals surface area contributed by atoms with Crippen LogP contribution in [-0.4, -0.2) is 50.0 Å². The van der Waals surface area contributed by atoms with Gasteiger partial charge in [-0.05, 0) is 19.8 Å². The van der Waals surface area contributed by atoms with Gasteiger partial charge < -0.3 is 10.0 Å². The molecule has 0 aromatic carbocycles. The lowest BCUT2D eigenvalue weighted by molar-refractivity contribution is -0.0959. The zero-order valence-corrected chi connectivity index (χ0v) is 11.7. The number of aromatic nitrogens is 2. The van der Waals surface area contributed by atoms with Crippen LogP contribution in [0.25, 0.3) is 0 Å². The molecule has 2 fully saturated rings. The van der Waals surface area contributed by atoms with Gasteiger partial charge in [-0.15, -0.1) is 0 Å². The molecular formula is C14H17F2N3O2. The number of hydrogen-bond donors (Lipinski definition) is 1. The quantitative estimate of drug-likeness (QED) is 0.854. The zero-order chi connectivity index (χ0) is 15.3. The summed E-state index contributed by atoms with van der Waals surface area (Å²) >= 11 is 0. The molecule has 1 saturated carbocycles. The Hall–Kier alpha value is -1.63. The Morgan fingerprint density at radius 2 is 2.05 bits per heavy atom. The monoisotopic (exact) mass is 297 g/mol. The van der Waals surface area contributed by atoms with E-state index in [2.05, 4.69) is 9.97 Å². The summed E-state index contributed by atoms with van der Waals surface area (Å²) in [6.45, 7) is 0.922. The van der Waals surface area contributed by atoms with Gasteiger partial charge >= 0.3 is 0 Å². The average Bonchev–Trinajstić information content (AvgIpc) is 2.99. The lowest BCUT2D eigenvalue weighted by Crippen LogP contribution is -2.52. The van der Waals surface area contributed by atoms with Crippen LogP contribution < -0.4 is 0 Å². The van der Waals surface area contributed by atoms with Gasteiger partial charge in [0, 0.05) is 6.20 Å². The first-order chi connectivity index (χ1) is 9.87. The number of aryl methyl sites for hydroxylation is 1. The maximum atomic E-state index is 14.0. The number of amides is 1. The molecule has 1 aromatic heterocycles. The van der Waals surface area contributed by atoms with Crippen LogP contribution in [0.3, 0.4) is 0 Å². The number of carbonyl (C=O) groups is 1. The molecule has 1 atom stereocenters. The van der Waals surface area contributed by atoms with E-state index in [-0.39, 0.29) is 5.69 Å². The van der Waals surface area contributed by atoms with Crippen LogP contribution in [0, 0.1) is 6.92 Å². The lowest BCUT2D eigenvalue weighted by Gasteiger charge is -2.36. The largest absolute Gasteiger partial charge is 0.384 e. The summed E-state index contributed by atoms with van der Waals surface area (Å²) in [6, 6.07) is 0. The standard InChI is InChI=1S/C14H17F2N3O2/c1-9-6-17-7-10(18-9)11(20)19-8-14(15,16)12(21)13(19)4-2-3-5-13/h6-7,12,21H,2-5,8H2,1H3. The number of nitrogens with zero attached hydrogens (tertiary/aromatic N) is 3. The van der Waals surface area contributed by atoms with E-state index in [1.807, 2.05) is 0 Å². The van der Waals surface area contributed by atoms with Gasteiger partial charge in [0.15, 0.2) is 0 Å². The fourth-order valence-corrected chi connectivity index (χ4v) is 3.50. The fourth-order valence-electron chi connectivity index (χ4n) is 3.50. The molecule has 1 aromatic rings. The Kier molecular flexibility index (Phi) is 3.20. The van der Waals surface area contributed by atoms with E-state index in [1.54, 1.807) is 6.92 Å². The summed E-state index contributed by atoms with van der Waals surface area (Å²) in [6.07, 6.45) is 3.22. The van der Waals surface area contributed by atoms with E-state index >= 15 is 0 Å². The molecule has 2 heterocycles. The van der Waals surface area contributed by atoms with Gasteiger partial charge in [-0.25, -0.2) is 13.8 Å². The van der Waals surface area contributed by atoms with E-state index < -0.39 is 30.0 Å². The van der Waals surface area contributed by atoms with Crippen LogP contribution in [0.5, 0.6) is 0 Å². The molecule has 3 rings (SSSR count). The highest BCUT2D eigenvalue weighted by atomic mass is 19.3. The second-order valence-corrected chi connectivity index (χ2v) is 5.91. The molecule has 1 saturated heterocycles. The van der Waals surface area contributed by atoms with Crippen LogP contribution in [0.4, 0.5) is 8.78 Å². The second-order valence-electron chi connectivity index (χ2n) is 5.91. The number of aliphatic hydroxyl groups is 1. The Balaban J connectivity index is 1.98. The maximum Gasteiger partial charge on any atom is 0.292 e. The molecule has 114 valence electrons. The molecule has 5 nitrogen and oxygen atoms in total. The summed E-state index contributed by atoms with van der Waals surface area (Å²) in [4.78, 5) is 21.6. The van der Waals surface area contributed by atoms with E-state index in [4.69, 9.17) is 0 Å².